The minimum absolute atomic E-state index is 0.107. The van der Waals surface area contributed by atoms with Gasteiger partial charge in [0.2, 0.25) is 0 Å². The molecule has 1 aromatic carbocycles. The molecular formula is C15H20N4O. The number of aromatic amines is 1. The van der Waals surface area contributed by atoms with Crippen LogP contribution in [0, 0.1) is 0 Å². The van der Waals surface area contributed by atoms with E-state index in [9.17, 15) is 4.79 Å². The highest BCUT2D eigenvalue weighted by Crippen LogP contribution is 2.20. The van der Waals surface area contributed by atoms with Gasteiger partial charge in [0, 0.05) is 24.5 Å². The molecule has 106 valence electrons. The number of fused-ring (bicyclic) bond motifs is 1. The molecule has 1 aromatic heterocycles. The van der Waals surface area contributed by atoms with Crippen molar-refractivity contribution in [2.75, 3.05) is 19.6 Å². The van der Waals surface area contributed by atoms with Crippen molar-refractivity contribution >= 4 is 16.8 Å². The summed E-state index contributed by atoms with van der Waals surface area (Å²) in [5.41, 5.74) is 1.56. The van der Waals surface area contributed by atoms with Gasteiger partial charge in [-0.3, -0.25) is 9.89 Å². The minimum Gasteiger partial charge on any atom is -0.334 e. The van der Waals surface area contributed by atoms with Crippen LogP contribution in [-0.4, -0.2) is 46.7 Å². The molecule has 1 amide bonds. The van der Waals surface area contributed by atoms with Crippen molar-refractivity contribution in [3.05, 3.63) is 30.0 Å². The van der Waals surface area contributed by atoms with E-state index in [-0.39, 0.29) is 5.91 Å². The number of rotatable bonds is 4. The van der Waals surface area contributed by atoms with Gasteiger partial charge in [0.25, 0.3) is 5.91 Å². The van der Waals surface area contributed by atoms with Gasteiger partial charge < -0.3 is 10.2 Å². The van der Waals surface area contributed by atoms with E-state index in [0.29, 0.717) is 6.04 Å². The Morgan fingerprint density at radius 2 is 2.40 bits per heavy atom. The fourth-order valence-electron chi connectivity index (χ4n) is 2.90. The molecule has 2 heterocycles. The maximum Gasteiger partial charge on any atom is 0.256 e. The van der Waals surface area contributed by atoms with E-state index in [1.54, 1.807) is 6.20 Å². The summed E-state index contributed by atoms with van der Waals surface area (Å²) in [5.74, 6) is 0.107. The monoisotopic (exact) mass is 272 g/mol. The Bertz CT molecular complexity index is 601. The Labute approximate surface area is 118 Å². The third kappa shape index (κ3) is 2.29. The number of benzene rings is 1. The van der Waals surface area contributed by atoms with E-state index in [1.165, 1.54) is 0 Å². The van der Waals surface area contributed by atoms with Crippen LogP contribution in [0.1, 0.15) is 30.1 Å². The highest BCUT2D eigenvalue weighted by atomic mass is 16.2. The van der Waals surface area contributed by atoms with Gasteiger partial charge in [-0.15, -0.1) is 0 Å². The molecule has 0 aliphatic carbocycles. The Kier molecular flexibility index (Phi) is 3.69. The van der Waals surface area contributed by atoms with E-state index >= 15 is 0 Å². The highest BCUT2D eigenvalue weighted by molar-refractivity contribution is 6.05. The molecule has 0 bridgehead atoms. The van der Waals surface area contributed by atoms with Crippen LogP contribution in [0.4, 0.5) is 0 Å². The van der Waals surface area contributed by atoms with Gasteiger partial charge in [0.05, 0.1) is 17.3 Å². The summed E-state index contributed by atoms with van der Waals surface area (Å²) >= 11 is 0. The lowest BCUT2D eigenvalue weighted by Crippen LogP contribution is -2.42. The van der Waals surface area contributed by atoms with Crippen LogP contribution < -0.4 is 5.32 Å². The fourth-order valence-corrected chi connectivity index (χ4v) is 2.90. The minimum atomic E-state index is 0.107. The van der Waals surface area contributed by atoms with Crippen molar-refractivity contribution in [1.82, 2.24) is 20.4 Å². The number of para-hydroxylation sites is 1. The molecule has 3 rings (SSSR count). The summed E-state index contributed by atoms with van der Waals surface area (Å²) in [7, 11) is 0. The largest absolute Gasteiger partial charge is 0.334 e. The summed E-state index contributed by atoms with van der Waals surface area (Å²) in [6.45, 7) is 4.80. The SMILES string of the molecule is CCCN(C(=O)c1cccc2cn[nH]c12)C1CCNC1. The first-order chi connectivity index (χ1) is 9.81. The van der Waals surface area contributed by atoms with Gasteiger partial charge in [-0.05, 0) is 25.5 Å². The van der Waals surface area contributed by atoms with Crippen LogP contribution >= 0.6 is 0 Å². The first-order valence-electron chi connectivity index (χ1n) is 7.25. The normalized spacial score (nSPS) is 18.6. The topological polar surface area (TPSA) is 61.0 Å². The number of nitrogens with zero attached hydrogens (tertiary/aromatic N) is 2. The van der Waals surface area contributed by atoms with Crippen LogP contribution in [0.2, 0.25) is 0 Å². The lowest BCUT2D eigenvalue weighted by atomic mass is 10.1. The third-order valence-electron chi connectivity index (χ3n) is 3.91. The molecule has 5 heteroatoms. The second-order valence-corrected chi connectivity index (χ2v) is 5.28. The number of carbonyl (C=O) groups excluding carboxylic acids is 1. The Morgan fingerprint density at radius 1 is 1.50 bits per heavy atom. The van der Waals surface area contributed by atoms with Crippen molar-refractivity contribution in [1.29, 1.82) is 0 Å². The smallest absolute Gasteiger partial charge is 0.256 e. The molecule has 2 N–H and O–H groups in total. The highest BCUT2D eigenvalue weighted by Gasteiger charge is 2.27. The van der Waals surface area contributed by atoms with Gasteiger partial charge in [-0.2, -0.15) is 5.10 Å². The summed E-state index contributed by atoms with van der Waals surface area (Å²) in [4.78, 5) is 14.9. The van der Waals surface area contributed by atoms with Crippen molar-refractivity contribution in [3.8, 4) is 0 Å². The van der Waals surface area contributed by atoms with Crippen LogP contribution in [0.15, 0.2) is 24.4 Å². The molecule has 0 saturated carbocycles. The summed E-state index contributed by atoms with van der Waals surface area (Å²) in [6.07, 6.45) is 3.76. The zero-order valence-corrected chi connectivity index (χ0v) is 11.7. The van der Waals surface area contributed by atoms with Gasteiger partial charge in [0.1, 0.15) is 0 Å². The molecule has 1 unspecified atom stereocenters. The van der Waals surface area contributed by atoms with E-state index < -0.39 is 0 Å². The number of amides is 1. The standard InChI is InChI=1S/C15H20N4O/c1-2-8-19(12-6-7-16-10-12)15(20)13-5-3-4-11-9-17-18-14(11)13/h3-5,9,12,16H,2,6-8,10H2,1H3,(H,17,18). The van der Waals surface area contributed by atoms with Gasteiger partial charge in [0.15, 0.2) is 0 Å². The van der Waals surface area contributed by atoms with Crippen LogP contribution in [0.3, 0.4) is 0 Å². The first-order valence-corrected chi connectivity index (χ1v) is 7.25. The zero-order chi connectivity index (χ0) is 13.9. The molecule has 5 nitrogen and oxygen atoms in total. The quantitative estimate of drug-likeness (QED) is 0.892. The maximum absolute atomic E-state index is 12.9. The van der Waals surface area contributed by atoms with Gasteiger partial charge in [-0.25, -0.2) is 0 Å². The van der Waals surface area contributed by atoms with E-state index in [2.05, 4.69) is 22.4 Å². The second kappa shape index (κ2) is 5.63. The molecule has 1 aliphatic rings. The van der Waals surface area contributed by atoms with E-state index in [0.717, 1.165) is 48.9 Å². The van der Waals surface area contributed by atoms with E-state index in [4.69, 9.17) is 0 Å². The molecule has 1 aliphatic heterocycles. The molecule has 0 spiro atoms. The van der Waals surface area contributed by atoms with Crippen molar-refractivity contribution < 1.29 is 4.79 Å². The number of hydrogen-bond acceptors (Lipinski definition) is 3. The van der Waals surface area contributed by atoms with Crippen LogP contribution in [0.25, 0.3) is 10.9 Å². The third-order valence-corrected chi connectivity index (χ3v) is 3.91. The van der Waals surface area contributed by atoms with Crippen molar-refractivity contribution in [2.24, 2.45) is 0 Å². The number of H-pyrrole nitrogens is 1. The Balaban J connectivity index is 1.94. The second-order valence-electron chi connectivity index (χ2n) is 5.28. The van der Waals surface area contributed by atoms with Crippen LogP contribution in [-0.2, 0) is 0 Å². The number of aromatic nitrogens is 2. The lowest BCUT2D eigenvalue weighted by Gasteiger charge is -2.28. The van der Waals surface area contributed by atoms with Crippen molar-refractivity contribution in [3.63, 3.8) is 0 Å². The molecule has 1 atom stereocenters. The van der Waals surface area contributed by atoms with Gasteiger partial charge in [-0.1, -0.05) is 19.1 Å². The zero-order valence-electron chi connectivity index (χ0n) is 11.7. The molecule has 1 saturated heterocycles. The summed E-state index contributed by atoms with van der Waals surface area (Å²) in [6, 6.07) is 6.08. The lowest BCUT2D eigenvalue weighted by molar-refractivity contribution is 0.0694. The van der Waals surface area contributed by atoms with Crippen molar-refractivity contribution in [2.45, 2.75) is 25.8 Å². The average molecular weight is 272 g/mol. The Hall–Kier alpha value is -1.88. The molecule has 1 fully saturated rings. The predicted molar refractivity (Wildman–Crippen MR) is 78.7 cm³/mol. The fraction of sp³-hybridized carbons (Fsp3) is 0.467. The van der Waals surface area contributed by atoms with E-state index in [1.807, 2.05) is 23.1 Å². The molecule has 20 heavy (non-hydrogen) atoms. The number of nitrogens with one attached hydrogen (secondary N) is 2. The average Bonchev–Trinajstić information content (AvgIpc) is 3.14. The summed E-state index contributed by atoms with van der Waals surface area (Å²) < 4.78 is 0. The molecule has 0 radical (unpaired) electrons. The predicted octanol–water partition coefficient (Wildman–Crippen LogP) is 1.78. The number of hydrogen-bond donors (Lipinski definition) is 2. The number of carbonyl (C=O) groups is 1. The molecule has 2 aromatic rings. The summed E-state index contributed by atoms with van der Waals surface area (Å²) in [5, 5.41) is 11.3. The molecular weight excluding hydrogens is 252 g/mol. The van der Waals surface area contributed by atoms with Gasteiger partial charge >= 0.3 is 0 Å². The Morgan fingerprint density at radius 3 is 3.15 bits per heavy atom. The van der Waals surface area contributed by atoms with Crippen LogP contribution in [0.5, 0.6) is 0 Å². The first kappa shape index (κ1) is 13.1. The maximum atomic E-state index is 12.9.